The Balaban J connectivity index is 2.22. The van der Waals surface area contributed by atoms with E-state index in [4.69, 9.17) is 11.6 Å². The molecule has 0 aliphatic rings. The molecule has 1 aromatic carbocycles. The normalized spacial score (nSPS) is 10.4. The van der Waals surface area contributed by atoms with Crippen LogP contribution in [0.15, 0.2) is 18.2 Å². The third kappa shape index (κ3) is 1.88. The molecule has 0 unspecified atom stereocenters. The average molecular weight is 213 g/mol. The third-order valence-electron chi connectivity index (χ3n) is 1.74. The largest absolute Gasteiger partial charge is 0.205 e. The summed E-state index contributed by atoms with van der Waals surface area (Å²) in [6.07, 6.45) is 0.483. The number of aromatic amines is 1. The summed E-state index contributed by atoms with van der Waals surface area (Å²) in [5, 5.41) is 13.4. The van der Waals surface area contributed by atoms with Crippen LogP contribution in [-0.4, -0.2) is 20.6 Å². The zero-order valence-electron chi connectivity index (χ0n) is 7.04. The lowest BCUT2D eigenvalue weighted by molar-refractivity contribution is 0.627. The van der Waals surface area contributed by atoms with Gasteiger partial charge in [-0.05, 0) is 17.7 Å². The Labute approximate surface area is 84.1 Å². The molecule has 0 amide bonds. The van der Waals surface area contributed by atoms with Gasteiger partial charge in [-0.25, -0.2) is 4.39 Å². The minimum atomic E-state index is -0.427. The number of hydrogen-bond donors (Lipinski definition) is 1. The number of rotatable bonds is 2. The van der Waals surface area contributed by atoms with Crippen molar-refractivity contribution >= 4 is 11.6 Å². The molecule has 0 bridgehead atoms. The summed E-state index contributed by atoms with van der Waals surface area (Å²) < 4.78 is 12.8. The number of H-pyrrole nitrogens is 1. The fourth-order valence-electron chi connectivity index (χ4n) is 1.09. The first-order chi connectivity index (χ1) is 6.75. The predicted molar refractivity (Wildman–Crippen MR) is 48.4 cm³/mol. The molecular weight excluding hydrogens is 207 g/mol. The molecule has 2 rings (SSSR count). The molecule has 0 saturated carbocycles. The van der Waals surface area contributed by atoms with Gasteiger partial charge in [0.15, 0.2) is 5.82 Å². The van der Waals surface area contributed by atoms with Crippen LogP contribution in [-0.2, 0) is 6.42 Å². The van der Waals surface area contributed by atoms with Crippen molar-refractivity contribution in [3.05, 3.63) is 40.4 Å². The first-order valence-electron chi connectivity index (χ1n) is 3.92. The van der Waals surface area contributed by atoms with Gasteiger partial charge in [0.25, 0.3) is 0 Å². The molecule has 0 fully saturated rings. The second kappa shape index (κ2) is 3.71. The molecule has 0 radical (unpaired) electrons. The van der Waals surface area contributed by atoms with E-state index in [0.717, 1.165) is 5.56 Å². The lowest BCUT2D eigenvalue weighted by Crippen LogP contribution is -1.91. The van der Waals surface area contributed by atoms with Gasteiger partial charge in [0.2, 0.25) is 0 Å². The Kier molecular flexibility index (Phi) is 2.41. The topological polar surface area (TPSA) is 54.5 Å². The predicted octanol–water partition coefficient (Wildman–Crippen LogP) is 1.58. The quantitative estimate of drug-likeness (QED) is 0.823. The van der Waals surface area contributed by atoms with Gasteiger partial charge in [-0.15, -0.1) is 10.2 Å². The molecule has 72 valence electrons. The van der Waals surface area contributed by atoms with E-state index in [1.54, 1.807) is 12.1 Å². The monoisotopic (exact) mass is 212 g/mol. The lowest BCUT2D eigenvalue weighted by atomic mass is 10.1. The molecule has 2 aromatic rings. The van der Waals surface area contributed by atoms with E-state index in [-0.39, 0.29) is 5.02 Å². The van der Waals surface area contributed by atoms with Crippen molar-refractivity contribution in [2.24, 2.45) is 0 Å². The first-order valence-corrected chi connectivity index (χ1v) is 4.30. The first kappa shape index (κ1) is 9.08. The maximum Gasteiger partial charge on any atom is 0.178 e. The van der Waals surface area contributed by atoms with Gasteiger partial charge in [0, 0.05) is 6.42 Å². The fourth-order valence-corrected chi connectivity index (χ4v) is 1.29. The van der Waals surface area contributed by atoms with E-state index in [1.807, 2.05) is 0 Å². The Morgan fingerprint density at radius 1 is 1.43 bits per heavy atom. The third-order valence-corrected chi connectivity index (χ3v) is 2.03. The van der Waals surface area contributed by atoms with Gasteiger partial charge in [-0.1, -0.05) is 22.9 Å². The second-order valence-corrected chi connectivity index (χ2v) is 3.16. The molecule has 0 spiro atoms. The number of nitrogens with zero attached hydrogens (tertiary/aromatic N) is 3. The second-order valence-electron chi connectivity index (χ2n) is 2.75. The lowest BCUT2D eigenvalue weighted by Gasteiger charge is -1.98. The van der Waals surface area contributed by atoms with E-state index >= 15 is 0 Å². The Morgan fingerprint density at radius 3 is 2.93 bits per heavy atom. The van der Waals surface area contributed by atoms with Gasteiger partial charge >= 0.3 is 0 Å². The Morgan fingerprint density at radius 2 is 2.29 bits per heavy atom. The number of halogens is 2. The molecule has 0 saturated heterocycles. The van der Waals surface area contributed by atoms with Crippen LogP contribution in [0.4, 0.5) is 4.39 Å². The van der Waals surface area contributed by atoms with Gasteiger partial charge in [0.05, 0.1) is 5.02 Å². The molecule has 4 nitrogen and oxygen atoms in total. The highest BCUT2D eigenvalue weighted by Crippen LogP contribution is 2.17. The summed E-state index contributed by atoms with van der Waals surface area (Å²) in [5.74, 6) is 0.121. The van der Waals surface area contributed by atoms with Gasteiger partial charge in [0.1, 0.15) is 5.82 Å². The fraction of sp³-hybridized carbons (Fsp3) is 0.125. The number of aromatic nitrogens is 4. The average Bonchev–Trinajstić information content (AvgIpc) is 2.64. The van der Waals surface area contributed by atoms with Crippen LogP contribution < -0.4 is 0 Å². The van der Waals surface area contributed by atoms with Crippen LogP contribution >= 0.6 is 11.6 Å². The molecule has 6 heteroatoms. The van der Waals surface area contributed by atoms with Crippen molar-refractivity contribution in [3.8, 4) is 0 Å². The van der Waals surface area contributed by atoms with Gasteiger partial charge in [-0.3, -0.25) is 0 Å². The van der Waals surface area contributed by atoms with Crippen LogP contribution in [0, 0.1) is 5.82 Å². The molecule has 1 N–H and O–H groups in total. The zero-order valence-corrected chi connectivity index (χ0v) is 7.79. The van der Waals surface area contributed by atoms with E-state index in [0.29, 0.717) is 12.2 Å². The molecule has 1 heterocycles. The van der Waals surface area contributed by atoms with Crippen LogP contribution in [0.3, 0.4) is 0 Å². The van der Waals surface area contributed by atoms with Crippen LogP contribution in [0.1, 0.15) is 11.4 Å². The van der Waals surface area contributed by atoms with Crippen molar-refractivity contribution in [2.75, 3.05) is 0 Å². The highest BCUT2D eigenvalue weighted by Gasteiger charge is 2.04. The SMILES string of the molecule is Fc1ccc(Cc2nn[nH]n2)cc1Cl. The highest BCUT2D eigenvalue weighted by molar-refractivity contribution is 6.30. The molecule has 0 atom stereocenters. The number of benzene rings is 1. The number of hydrogen-bond acceptors (Lipinski definition) is 3. The maximum absolute atomic E-state index is 12.8. The highest BCUT2D eigenvalue weighted by atomic mass is 35.5. The van der Waals surface area contributed by atoms with E-state index in [2.05, 4.69) is 20.6 Å². The number of tetrazole rings is 1. The molecule has 1 aromatic heterocycles. The van der Waals surface area contributed by atoms with Crippen molar-refractivity contribution in [1.29, 1.82) is 0 Å². The zero-order chi connectivity index (χ0) is 9.97. The minimum absolute atomic E-state index is 0.103. The number of nitrogens with one attached hydrogen (secondary N) is 1. The Hall–Kier alpha value is -1.49. The van der Waals surface area contributed by atoms with E-state index in [9.17, 15) is 4.39 Å². The summed E-state index contributed by atoms with van der Waals surface area (Å²) in [6, 6.07) is 4.50. The standard InChI is InChI=1S/C8H6ClFN4/c9-6-3-5(1-2-7(6)10)4-8-11-13-14-12-8/h1-3H,4H2,(H,11,12,13,14). The van der Waals surface area contributed by atoms with E-state index in [1.165, 1.54) is 6.07 Å². The minimum Gasteiger partial charge on any atom is -0.205 e. The van der Waals surface area contributed by atoms with Crippen molar-refractivity contribution < 1.29 is 4.39 Å². The maximum atomic E-state index is 12.8. The molecule has 0 aliphatic heterocycles. The smallest absolute Gasteiger partial charge is 0.178 e. The molecule has 14 heavy (non-hydrogen) atoms. The molecular formula is C8H6ClFN4. The van der Waals surface area contributed by atoms with Crippen molar-refractivity contribution in [3.63, 3.8) is 0 Å². The van der Waals surface area contributed by atoms with E-state index < -0.39 is 5.82 Å². The summed E-state index contributed by atoms with van der Waals surface area (Å²) in [4.78, 5) is 0. The summed E-state index contributed by atoms with van der Waals surface area (Å²) >= 11 is 5.61. The Bertz CT molecular complexity index is 429. The summed E-state index contributed by atoms with van der Waals surface area (Å²) in [5.41, 5.74) is 0.845. The molecule has 0 aliphatic carbocycles. The van der Waals surface area contributed by atoms with Gasteiger partial charge < -0.3 is 0 Å². The van der Waals surface area contributed by atoms with Crippen LogP contribution in [0.5, 0.6) is 0 Å². The van der Waals surface area contributed by atoms with Gasteiger partial charge in [-0.2, -0.15) is 5.21 Å². The summed E-state index contributed by atoms with van der Waals surface area (Å²) in [7, 11) is 0. The van der Waals surface area contributed by atoms with Crippen molar-refractivity contribution in [2.45, 2.75) is 6.42 Å². The van der Waals surface area contributed by atoms with Crippen LogP contribution in [0.25, 0.3) is 0 Å². The summed E-state index contributed by atoms with van der Waals surface area (Å²) in [6.45, 7) is 0. The van der Waals surface area contributed by atoms with Crippen LogP contribution in [0.2, 0.25) is 5.02 Å². The van der Waals surface area contributed by atoms with Crippen molar-refractivity contribution in [1.82, 2.24) is 20.6 Å².